The first kappa shape index (κ1) is 13.1. The van der Waals surface area contributed by atoms with Crippen LogP contribution in [0.1, 0.15) is 5.56 Å². The third kappa shape index (κ3) is 2.55. The molecule has 1 aromatic heterocycles. The lowest BCUT2D eigenvalue weighted by molar-refractivity contribution is 0.463. The maximum atomic E-state index is 12.1. The van der Waals surface area contributed by atoms with Crippen molar-refractivity contribution in [3.05, 3.63) is 47.1 Å². The van der Waals surface area contributed by atoms with Crippen LogP contribution in [0.25, 0.3) is 0 Å². The lowest BCUT2D eigenvalue weighted by Gasteiger charge is -2.16. The first-order valence-electron chi connectivity index (χ1n) is 5.21. The Balaban J connectivity index is 2.24. The van der Waals surface area contributed by atoms with E-state index in [2.05, 4.69) is 10.2 Å². The van der Waals surface area contributed by atoms with Crippen molar-refractivity contribution in [2.24, 2.45) is 0 Å². The number of benzene rings is 1. The van der Waals surface area contributed by atoms with Gasteiger partial charge in [-0.15, -0.1) is 0 Å². The van der Waals surface area contributed by atoms with Crippen LogP contribution >= 0.6 is 11.6 Å². The number of nitrogens with zero attached hydrogens (tertiary/aromatic N) is 2. The van der Waals surface area contributed by atoms with Crippen molar-refractivity contribution < 1.29 is 8.42 Å². The first-order chi connectivity index (χ1) is 8.51. The number of aromatic amines is 1. The molecule has 1 aromatic carbocycles. The van der Waals surface area contributed by atoms with Crippen molar-refractivity contribution in [2.45, 2.75) is 11.6 Å². The van der Waals surface area contributed by atoms with E-state index in [9.17, 15) is 8.42 Å². The molecule has 0 atom stereocenters. The maximum Gasteiger partial charge on any atom is 0.260 e. The van der Waals surface area contributed by atoms with Crippen LogP contribution in [-0.2, 0) is 16.6 Å². The molecule has 0 saturated carbocycles. The molecule has 0 aliphatic heterocycles. The van der Waals surface area contributed by atoms with Crippen LogP contribution < -0.4 is 0 Å². The average Bonchev–Trinajstić information content (AvgIpc) is 2.86. The molecule has 2 aromatic rings. The van der Waals surface area contributed by atoms with Crippen LogP contribution in [0, 0.1) is 0 Å². The number of sulfonamides is 1. The summed E-state index contributed by atoms with van der Waals surface area (Å²) in [7, 11) is -2.05. The minimum Gasteiger partial charge on any atom is -0.266 e. The van der Waals surface area contributed by atoms with E-state index in [1.165, 1.54) is 23.6 Å². The minimum absolute atomic E-state index is 0.0667. The summed E-state index contributed by atoms with van der Waals surface area (Å²) in [6.07, 6.45) is 1.40. The molecule has 7 heteroatoms. The molecule has 2 rings (SSSR count). The molecule has 96 valence electrons. The second kappa shape index (κ2) is 5.09. The zero-order valence-electron chi connectivity index (χ0n) is 9.67. The molecule has 18 heavy (non-hydrogen) atoms. The molecule has 0 aliphatic carbocycles. The van der Waals surface area contributed by atoms with Gasteiger partial charge < -0.3 is 0 Å². The fourth-order valence-corrected chi connectivity index (χ4v) is 2.75. The first-order valence-corrected chi connectivity index (χ1v) is 7.03. The predicted molar refractivity (Wildman–Crippen MR) is 68.7 cm³/mol. The lowest BCUT2D eigenvalue weighted by Crippen LogP contribution is -2.26. The van der Waals surface area contributed by atoms with Gasteiger partial charge in [-0.25, -0.2) is 8.42 Å². The Morgan fingerprint density at radius 2 is 2.06 bits per heavy atom. The van der Waals surface area contributed by atoms with E-state index in [0.29, 0.717) is 5.02 Å². The van der Waals surface area contributed by atoms with Crippen LogP contribution in [-0.4, -0.2) is 30.0 Å². The average molecular weight is 286 g/mol. The van der Waals surface area contributed by atoms with E-state index in [4.69, 9.17) is 11.6 Å². The van der Waals surface area contributed by atoms with Gasteiger partial charge in [0.05, 0.1) is 6.20 Å². The van der Waals surface area contributed by atoms with Crippen LogP contribution in [0.4, 0.5) is 0 Å². The number of H-pyrrole nitrogens is 1. The number of hydrogen-bond acceptors (Lipinski definition) is 3. The van der Waals surface area contributed by atoms with E-state index in [0.717, 1.165) is 5.56 Å². The summed E-state index contributed by atoms with van der Waals surface area (Å²) in [5.74, 6) is 0. The highest BCUT2D eigenvalue weighted by molar-refractivity contribution is 7.89. The highest BCUT2D eigenvalue weighted by Crippen LogP contribution is 2.19. The van der Waals surface area contributed by atoms with E-state index in [-0.39, 0.29) is 11.6 Å². The van der Waals surface area contributed by atoms with Crippen molar-refractivity contribution in [3.8, 4) is 0 Å². The molecule has 0 bridgehead atoms. The van der Waals surface area contributed by atoms with Crippen molar-refractivity contribution in [2.75, 3.05) is 7.05 Å². The molecule has 5 nitrogen and oxygen atoms in total. The van der Waals surface area contributed by atoms with Gasteiger partial charge in [-0.3, -0.25) is 5.10 Å². The standard InChI is InChI=1S/C11H12ClN3O2S/c1-15(8-9-4-2-3-5-10(9)12)18(16,17)11-6-7-13-14-11/h2-7H,8H2,1H3,(H,13,14). The molecule has 0 fully saturated rings. The van der Waals surface area contributed by atoms with Gasteiger partial charge in [-0.1, -0.05) is 29.8 Å². The molecule has 0 unspecified atom stereocenters. The minimum atomic E-state index is -3.55. The Kier molecular flexibility index (Phi) is 3.70. The zero-order chi connectivity index (χ0) is 13.2. The van der Waals surface area contributed by atoms with E-state index in [1.54, 1.807) is 18.2 Å². The van der Waals surface area contributed by atoms with Crippen LogP contribution in [0.5, 0.6) is 0 Å². The van der Waals surface area contributed by atoms with Crippen LogP contribution in [0.3, 0.4) is 0 Å². The van der Waals surface area contributed by atoms with E-state index in [1.807, 2.05) is 6.07 Å². The number of rotatable bonds is 4. The monoisotopic (exact) mass is 285 g/mol. The number of hydrogen-bond donors (Lipinski definition) is 1. The summed E-state index contributed by atoms with van der Waals surface area (Å²) in [6, 6.07) is 8.56. The molecule has 1 N–H and O–H groups in total. The smallest absolute Gasteiger partial charge is 0.260 e. The van der Waals surface area contributed by atoms with Gasteiger partial charge in [-0.05, 0) is 17.7 Å². The Bertz CT molecular complexity index is 625. The molecule has 0 amide bonds. The largest absolute Gasteiger partial charge is 0.266 e. The van der Waals surface area contributed by atoms with E-state index < -0.39 is 10.0 Å². The fraction of sp³-hybridized carbons (Fsp3) is 0.182. The van der Waals surface area contributed by atoms with Crippen LogP contribution in [0.15, 0.2) is 41.6 Å². The summed E-state index contributed by atoms with van der Waals surface area (Å²) >= 11 is 6.00. The highest BCUT2D eigenvalue weighted by atomic mass is 35.5. The second-order valence-corrected chi connectivity index (χ2v) is 6.19. The Labute approximate surface area is 110 Å². The second-order valence-electron chi connectivity index (χ2n) is 3.77. The molecule has 0 saturated heterocycles. The van der Waals surface area contributed by atoms with Gasteiger partial charge in [0.25, 0.3) is 10.0 Å². The number of nitrogens with one attached hydrogen (secondary N) is 1. The summed E-state index contributed by atoms with van der Waals surface area (Å²) in [5.41, 5.74) is 0.754. The Morgan fingerprint density at radius 3 is 2.67 bits per heavy atom. The molecule has 0 radical (unpaired) electrons. The van der Waals surface area contributed by atoms with Gasteiger partial charge in [0, 0.05) is 18.6 Å². The molecule has 1 heterocycles. The lowest BCUT2D eigenvalue weighted by atomic mass is 10.2. The topological polar surface area (TPSA) is 66.1 Å². The normalized spacial score (nSPS) is 11.9. The molecule has 0 aliphatic rings. The summed E-state index contributed by atoms with van der Waals surface area (Å²) in [5, 5.41) is 6.70. The third-order valence-corrected chi connectivity index (χ3v) is 4.62. The van der Waals surface area contributed by atoms with E-state index >= 15 is 0 Å². The maximum absolute atomic E-state index is 12.1. The summed E-state index contributed by atoms with van der Waals surface area (Å²) in [4.78, 5) is 0. The van der Waals surface area contributed by atoms with Crippen LogP contribution in [0.2, 0.25) is 5.02 Å². The highest BCUT2D eigenvalue weighted by Gasteiger charge is 2.22. The van der Waals surface area contributed by atoms with Gasteiger partial charge in [-0.2, -0.15) is 9.40 Å². The number of aromatic nitrogens is 2. The molecule has 0 spiro atoms. The Hall–Kier alpha value is -1.37. The molecular weight excluding hydrogens is 274 g/mol. The third-order valence-electron chi connectivity index (χ3n) is 2.51. The van der Waals surface area contributed by atoms with Gasteiger partial charge >= 0.3 is 0 Å². The molecular formula is C11H12ClN3O2S. The van der Waals surface area contributed by atoms with Crippen molar-refractivity contribution in [3.63, 3.8) is 0 Å². The Morgan fingerprint density at radius 1 is 1.33 bits per heavy atom. The quantitative estimate of drug-likeness (QED) is 0.933. The SMILES string of the molecule is CN(Cc1ccccc1Cl)S(=O)(=O)c1ccn[nH]1. The van der Waals surface area contributed by atoms with Gasteiger partial charge in [0.15, 0.2) is 5.03 Å². The number of halogens is 1. The summed E-state index contributed by atoms with van der Waals surface area (Å²) < 4.78 is 25.5. The fourth-order valence-electron chi connectivity index (χ4n) is 1.51. The zero-order valence-corrected chi connectivity index (χ0v) is 11.2. The van der Waals surface area contributed by atoms with Crippen molar-refractivity contribution >= 4 is 21.6 Å². The van der Waals surface area contributed by atoms with Crippen molar-refractivity contribution in [1.29, 1.82) is 0 Å². The van der Waals surface area contributed by atoms with Gasteiger partial charge in [0.2, 0.25) is 0 Å². The summed E-state index contributed by atoms with van der Waals surface area (Å²) in [6.45, 7) is 0.209. The van der Waals surface area contributed by atoms with Crippen molar-refractivity contribution in [1.82, 2.24) is 14.5 Å². The predicted octanol–water partition coefficient (Wildman–Crippen LogP) is 1.88. The van der Waals surface area contributed by atoms with Gasteiger partial charge in [0.1, 0.15) is 0 Å².